The van der Waals surface area contributed by atoms with Gasteiger partial charge in [0, 0.05) is 12.2 Å². The molecule has 0 unspecified atom stereocenters. The SMILES string of the molecule is Cc1ccc(C(=O)OCC(=O)N(CCC#N)c2ccc(F)cc2)cc1C. The second-order valence-electron chi connectivity index (χ2n) is 5.81. The van der Waals surface area contributed by atoms with Gasteiger partial charge in [0.1, 0.15) is 5.82 Å². The van der Waals surface area contributed by atoms with Crippen molar-refractivity contribution in [3.63, 3.8) is 0 Å². The van der Waals surface area contributed by atoms with E-state index >= 15 is 0 Å². The molecule has 0 aliphatic heterocycles. The average molecular weight is 354 g/mol. The summed E-state index contributed by atoms with van der Waals surface area (Å²) in [5, 5.41) is 8.77. The molecule has 26 heavy (non-hydrogen) atoms. The van der Waals surface area contributed by atoms with E-state index < -0.39 is 24.3 Å². The molecule has 0 atom stereocenters. The number of benzene rings is 2. The number of carbonyl (C=O) groups is 2. The van der Waals surface area contributed by atoms with Gasteiger partial charge in [-0.2, -0.15) is 5.26 Å². The number of carbonyl (C=O) groups excluding carboxylic acids is 2. The molecule has 0 saturated carbocycles. The van der Waals surface area contributed by atoms with Gasteiger partial charge in [0.05, 0.1) is 18.1 Å². The molecule has 6 heteroatoms. The predicted octanol–water partition coefficient (Wildman–Crippen LogP) is 3.55. The first-order chi connectivity index (χ1) is 12.4. The molecule has 5 nitrogen and oxygen atoms in total. The van der Waals surface area contributed by atoms with Gasteiger partial charge in [0.25, 0.3) is 5.91 Å². The van der Waals surface area contributed by atoms with Crippen LogP contribution in [0.4, 0.5) is 10.1 Å². The average Bonchev–Trinajstić information content (AvgIpc) is 2.63. The van der Waals surface area contributed by atoms with E-state index in [1.807, 2.05) is 26.0 Å². The standard InChI is InChI=1S/C20H19FN2O3/c1-14-4-5-16(12-15(14)2)20(25)26-13-19(24)23(11-3-10-22)18-8-6-17(21)7-9-18/h4-9,12H,3,11,13H2,1-2H3. The summed E-state index contributed by atoms with van der Waals surface area (Å²) in [7, 11) is 0. The van der Waals surface area contributed by atoms with Gasteiger partial charge in [0.2, 0.25) is 0 Å². The van der Waals surface area contributed by atoms with Crippen LogP contribution in [0.25, 0.3) is 0 Å². The molecule has 1 amide bonds. The molecular weight excluding hydrogens is 335 g/mol. The number of anilines is 1. The van der Waals surface area contributed by atoms with Gasteiger partial charge in [-0.1, -0.05) is 6.07 Å². The molecule has 0 heterocycles. The Morgan fingerprint density at radius 2 is 1.81 bits per heavy atom. The number of aryl methyl sites for hydroxylation is 2. The van der Waals surface area contributed by atoms with Gasteiger partial charge in [-0.05, 0) is 61.4 Å². The highest BCUT2D eigenvalue weighted by Gasteiger charge is 2.18. The van der Waals surface area contributed by atoms with Crippen LogP contribution >= 0.6 is 0 Å². The number of esters is 1. The zero-order valence-electron chi connectivity index (χ0n) is 14.7. The number of ether oxygens (including phenoxy) is 1. The Hall–Kier alpha value is -3.20. The lowest BCUT2D eigenvalue weighted by Gasteiger charge is -2.21. The maximum absolute atomic E-state index is 13.1. The first kappa shape index (κ1) is 19.1. The van der Waals surface area contributed by atoms with Crippen LogP contribution in [0.15, 0.2) is 42.5 Å². The van der Waals surface area contributed by atoms with Crippen molar-refractivity contribution in [1.29, 1.82) is 5.26 Å². The van der Waals surface area contributed by atoms with Crippen LogP contribution in [0.5, 0.6) is 0 Å². The molecule has 0 spiro atoms. The minimum atomic E-state index is -0.596. The van der Waals surface area contributed by atoms with E-state index in [1.165, 1.54) is 29.2 Å². The van der Waals surface area contributed by atoms with Crippen molar-refractivity contribution < 1.29 is 18.7 Å². The fourth-order valence-corrected chi connectivity index (χ4v) is 2.34. The van der Waals surface area contributed by atoms with Crippen LogP contribution in [0.3, 0.4) is 0 Å². The lowest BCUT2D eigenvalue weighted by molar-refractivity contribution is -0.121. The van der Waals surface area contributed by atoms with Gasteiger partial charge in [-0.25, -0.2) is 9.18 Å². The Morgan fingerprint density at radius 3 is 2.42 bits per heavy atom. The van der Waals surface area contributed by atoms with Crippen molar-refractivity contribution in [2.45, 2.75) is 20.3 Å². The van der Waals surface area contributed by atoms with Crippen molar-refractivity contribution in [3.8, 4) is 6.07 Å². The van der Waals surface area contributed by atoms with E-state index in [9.17, 15) is 14.0 Å². The van der Waals surface area contributed by atoms with Crippen LogP contribution in [-0.2, 0) is 9.53 Å². The van der Waals surface area contributed by atoms with Gasteiger partial charge >= 0.3 is 5.97 Å². The van der Waals surface area contributed by atoms with Crippen molar-refractivity contribution in [1.82, 2.24) is 0 Å². The first-order valence-electron chi connectivity index (χ1n) is 8.09. The second kappa shape index (κ2) is 8.77. The van der Waals surface area contributed by atoms with E-state index in [-0.39, 0.29) is 13.0 Å². The highest BCUT2D eigenvalue weighted by atomic mass is 19.1. The lowest BCUT2D eigenvalue weighted by atomic mass is 10.1. The van der Waals surface area contributed by atoms with Crippen LogP contribution in [0.1, 0.15) is 27.9 Å². The minimum Gasteiger partial charge on any atom is -0.452 e. The van der Waals surface area contributed by atoms with Gasteiger partial charge in [0.15, 0.2) is 6.61 Å². The smallest absolute Gasteiger partial charge is 0.338 e. The van der Waals surface area contributed by atoms with E-state index in [2.05, 4.69) is 0 Å². The van der Waals surface area contributed by atoms with Crippen molar-refractivity contribution in [2.24, 2.45) is 0 Å². The number of rotatable bonds is 6. The number of hydrogen-bond acceptors (Lipinski definition) is 4. The largest absolute Gasteiger partial charge is 0.452 e. The fraction of sp³-hybridized carbons (Fsp3) is 0.250. The number of hydrogen-bond donors (Lipinski definition) is 0. The van der Waals surface area contributed by atoms with Crippen LogP contribution < -0.4 is 4.90 Å². The molecule has 0 aromatic heterocycles. The zero-order chi connectivity index (χ0) is 19.1. The van der Waals surface area contributed by atoms with E-state index in [0.717, 1.165) is 11.1 Å². The van der Waals surface area contributed by atoms with E-state index in [0.29, 0.717) is 11.3 Å². The molecule has 0 aliphatic rings. The zero-order valence-corrected chi connectivity index (χ0v) is 14.7. The van der Waals surface area contributed by atoms with Crippen LogP contribution in [-0.4, -0.2) is 25.0 Å². The Labute approximate surface area is 151 Å². The van der Waals surface area contributed by atoms with Crippen molar-refractivity contribution >= 4 is 17.6 Å². The maximum Gasteiger partial charge on any atom is 0.338 e. The van der Waals surface area contributed by atoms with Crippen molar-refractivity contribution in [3.05, 3.63) is 65.0 Å². The molecule has 134 valence electrons. The highest BCUT2D eigenvalue weighted by molar-refractivity contribution is 5.97. The molecule has 0 N–H and O–H groups in total. The monoisotopic (exact) mass is 354 g/mol. The normalized spacial score (nSPS) is 10.1. The molecular formula is C20H19FN2O3. The number of halogens is 1. The summed E-state index contributed by atoms with van der Waals surface area (Å²) in [6.07, 6.45) is 0.105. The quantitative estimate of drug-likeness (QED) is 0.744. The summed E-state index contributed by atoms with van der Waals surface area (Å²) in [4.78, 5) is 25.9. The Kier molecular flexibility index (Phi) is 6.45. The third-order valence-electron chi connectivity index (χ3n) is 3.96. The maximum atomic E-state index is 13.1. The number of nitriles is 1. The minimum absolute atomic E-state index is 0.105. The summed E-state index contributed by atoms with van der Waals surface area (Å²) < 4.78 is 18.2. The molecule has 0 radical (unpaired) electrons. The molecule has 2 aromatic carbocycles. The summed E-state index contributed by atoms with van der Waals surface area (Å²) in [5.41, 5.74) is 2.81. The molecule has 0 fully saturated rings. The van der Waals surface area contributed by atoms with Crippen LogP contribution in [0.2, 0.25) is 0 Å². The predicted molar refractivity (Wildman–Crippen MR) is 95.2 cm³/mol. The summed E-state index contributed by atoms with van der Waals surface area (Å²) in [5.74, 6) is -1.51. The van der Waals surface area contributed by atoms with Crippen molar-refractivity contribution in [2.75, 3.05) is 18.1 Å². The van der Waals surface area contributed by atoms with Gasteiger partial charge < -0.3 is 9.64 Å². The van der Waals surface area contributed by atoms with Gasteiger partial charge in [-0.15, -0.1) is 0 Å². The fourth-order valence-electron chi connectivity index (χ4n) is 2.34. The third-order valence-corrected chi connectivity index (χ3v) is 3.96. The second-order valence-corrected chi connectivity index (χ2v) is 5.81. The van der Waals surface area contributed by atoms with E-state index in [4.69, 9.17) is 10.00 Å². The first-order valence-corrected chi connectivity index (χ1v) is 8.09. The molecule has 0 aliphatic carbocycles. The summed E-state index contributed by atoms with van der Waals surface area (Å²) in [6.45, 7) is 3.48. The molecule has 0 saturated heterocycles. The van der Waals surface area contributed by atoms with Crippen LogP contribution in [0, 0.1) is 31.0 Å². The van der Waals surface area contributed by atoms with E-state index in [1.54, 1.807) is 12.1 Å². The Balaban J connectivity index is 2.06. The van der Waals surface area contributed by atoms with Gasteiger partial charge in [-0.3, -0.25) is 4.79 Å². The highest BCUT2D eigenvalue weighted by Crippen LogP contribution is 2.16. The number of nitrogens with zero attached hydrogens (tertiary/aromatic N) is 2. The Morgan fingerprint density at radius 1 is 1.12 bits per heavy atom. The summed E-state index contributed by atoms with van der Waals surface area (Å²) >= 11 is 0. The Bertz CT molecular complexity index is 841. The molecule has 2 aromatic rings. The lowest BCUT2D eigenvalue weighted by Crippen LogP contribution is -2.35. The molecule has 0 bridgehead atoms. The topological polar surface area (TPSA) is 70.4 Å². The number of amides is 1. The molecule has 2 rings (SSSR count). The summed E-state index contributed by atoms with van der Waals surface area (Å²) in [6, 6.07) is 12.4. The third kappa shape index (κ3) is 4.90.